The van der Waals surface area contributed by atoms with E-state index in [1.54, 1.807) is 0 Å². The minimum absolute atomic E-state index is 0.114. The summed E-state index contributed by atoms with van der Waals surface area (Å²) < 4.78 is 24.3. The summed E-state index contributed by atoms with van der Waals surface area (Å²) in [5.41, 5.74) is 3.36. The van der Waals surface area contributed by atoms with Crippen molar-refractivity contribution >= 4 is 21.9 Å². The fraction of sp³-hybridized carbons (Fsp3) is 0.333. The molecule has 0 bridgehead atoms. The zero-order valence-electron chi connectivity index (χ0n) is 19.1. The number of aromatic nitrogens is 3. The van der Waals surface area contributed by atoms with Gasteiger partial charge >= 0.3 is 0 Å². The highest BCUT2D eigenvalue weighted by atomic mass is 32.2. The molecule has 0 aliphatic heterocycles. The van der Waals surface area contributed by atoms with Crippen molar-refractivity contribution in [1.82, 2.24) is 19.9 Å². The van der Waals surface area contributed by atoms with Crippen molar-refractivity contribution < 1.29 is 13.2 Å². The quantitative estimate of drug-likeness (QED) is 0.454. The molecule has 1 amide bonds. The van der Waals surface area contributed by atoms with E-state index in [9.17, 15) is 13.2 Å². The lowest BCUT2D eigenvalue weighted by Crippen LogP contribution is -2.34. The van der Waals surface area contributed by atoms with Crippen LogP contribution in [-0.4, -0.2) is 48.3 Å². The van der Waals surface area contributed by atoms with Gasteiger partial charge in [0.1, 0.15) is 11.4 Å². The van der Waals surface area contributed by atoms with Crippen molar-refractivity contribution in [2.24, 2.45) is 0 Å². The Balaban J connectivity index is 1.81. The van der Waals surface area contributed by atoms with Crippen molar-refractivity contribution in [2.45, 2.75) is 39.2 Å². The predicted octanol–water partition coefficient (Wildman–Crippen LogP) is 3.67. The van der Waals surface area contributed by atoms with Crippen LogP contribution in [0.5, 0.6) is 0 Å². The van der Waals surface area contributed by atoms with Gasteiger partial charge in [0.25, 0.3) is 0 Å². The highest BCUT2D eigenvalue weighted by molar-refractivity contribution is 7.89. The van der Waals surface area contributed by atoms with E-state index >= 15 is 0 Å². The summed E-state index contributed by atoms with van der Waals surface area (Å²) >= 11 is 0. The average molecular weight is 468 g/mol. The van der Waals surface area contributed by atoms with Gasteiger partial charge < -0.3 is 4.90 Å². The van der Waals surface area contributed by atoms with E-state index in [0.717, 1.165) is 23.1 Å². The molecule has 8 nitrogen and oxygen atoms in total. The maximum atomic E-state index is 11.7. The van der Waals surface area contributed by atoms with Crippen LogP contribution in [0.3, 0.4) is 0 Å². The third-order valence-corrected chi connectivity index (χ3v) is 5.60. The second-order valence-electron chi connectivity index (χ2n) is 8.08. The van der Waals surface area contributed by atoms with Crippen LogP contribution in [0.4, 0.5) is 5.95 Å². The maximum absolute atomic E-state index is 11.7. The van der Waals surface area contributed by atoms with Gasteiger partial charge in [-0.2, -0.15) is 0 Å². The fourth-order valence-electron chi connectivity index (χ4n) is 3.44. The molecule has 174 valence electrons. The monoisotopic (exact) mass is 467 g/mol. The van der Waals surface area contributed by atoms with Gasteiger partial charge in [-0.05, 0) is 26.7 Å². The standard InChI is InChI=1S/C24H29N5O3S/c1-18(2)29(17-11-10-16-21(30)28-33(3,31)32)24-25-22(19-12-6-4-7-13-19)23(26-27-24)20-14-8-5-9-15-20/h4-9,12-15,18H,10-11,16-17H2,1-3H3,(H,28,30). The second-order valence-corrected chi connectivity index (χ2v) is 9.83. The number of nitrogens with zero attached hydrogens (tertiary/aromatic N) is 4. The Morgan fingerprint density at radius 1 is 0.909 bits per heavy atom. The molecule has 0 fully saturated rings. The number of sulfonamides is 1. The van der Waals surface area contributed by atoms with Gasteiger partial charge in [-0.1, -0.05) is 60.7 Å². The Hall–Kier alpha value is -3.33. The minimum Gasteiger partial charge on any atom is -0.337 e. The number of nitrogens with one attached hydrogen (secondary N) is 1. The third kappa shape index (κ3) is 7.08. The minimum atomic E-state index is -3.53. The molecule has 0 saturated carbocycles. The van der Waals surface area contributed by atoms with Gasteiger partial charge in [-0.3, -0.25) is 9.52 Å². The normalized spacial score (nSPS) is 11.4. The molecule has 0 aliphatic rings. The van der Waals surface area contributed by atoms with Gasteiger partial charge in [0.15, 0.2) is 0 Å². The lowest BCUT2D eigenvalue weighted by Gasteiger charge is -2.27. The van der Waals surface area contributed by atoms with E-state index in [4.69, 9.17) is 4.98 Å². The number of hydrogen-bond acceptors (Lipinski definition) is 7. The molecule has 3 rings (SSSR count). The van der Waals surface area contributed by atoms with E-state index in [2.05, 4.69) is 10.2 Å². The van der Waals surface area contributed by atoms with Crippen molar-refractivity contribution in [3.05, 3.63) is 60.7 Å². The summed E-state index contributed by atoms with van der Waals surface area (Å²) in [7, 11) is -3.53. The molecule has 0 aliphatic carbocycles. The van der Waals surface area contributed by atoms with E-state index in [1.807, 2.05) is 84.1 Å². The third-order valence-electron chi connectivity index (χ3n) is 5.00. The van der Waals surface area contributed by atoms with Gasteiger partial charge in [0, 0.05) is 30.1 Å². The van der Waals surface area contributed by atoms with E-state index in [1.165, 1.54) is 0 Å². The van der Waals surface area contributed by atoms with Crippen LogP contribution in [0.1, 0.15) is 33.1 Å². The van der Waals surface area contributed by atoms with Crippen molar-refractivity contribution in [1.29, 1.82) is 0 Å². The Labute approximate surface area is 195 Å². The van der Waals surface area contributed by atoms with Crippen LogP contribution in [0.25, 0.3) is 22.5 Å². The summed E-state index contributed by atoms with van der Waals surface area (Å²) in [6, 6.07) is 19.9. The molecule has 0 unspecified atom stereocenters. The molecule has 3 aromatic rings. The molecule has 0 saturated heterocycles. The first-order chi connectivity index (χ1) is 15.7. The number of anilines is 1. The molecule has 1 heterocycles. The predicted molar refractivity (Wildman–Crippen MR) is 130 cm³/mol. The van der Waals surface area contributed by atoms with Crippen LogP contribution in [-0.2, 0) is 14.8 Å². The van der Waals surface area contributed by atoms with Crippen molar-refractivity contribution in [2.75, 3.05) is 17.7 Å². The Bertz CT molecular complexity index is 1170. The van der Waals surface area contributed by atoms with Gasteiger partial charge in [0.05, 0.1) is 6.26 Å². The molecule has 1 N–H and O–H groups in total. The van der Waals surface area contributed by atoms with Crippen LogP contribution in [0.15, 0.2) is 60.7 Å². The second kappa shape index (κ2) is 11.0. The number of amides is 1. The number of rotatable bonds is 10. The lowest BCUT2D eigenvalue weighted by atomic mass is 10.0. The number of carbonyl (C=O) groups excluding carboxylic acids is 1. The van der Waals surface area contributed by atoms with Crippen LogP contribution >= 0.6 is 0 Å². The summed E-state index contributed by atoms with van der Waals surface area (Å²) in [6.07, 6.45) is 2.34. The molecule has 0 radical (unpaired) electrons. The first-order valence-electron chi connectivity index (χ1n) is 10.9. The Morgan fingerprint density at radius 3 is 2.03 bits per heavy atom. The average Bonchev–Trinajstić information content (AvgIpc) is 2.78. The topological polar surface area (TPSA) is 105 Å². The zero-order chi connectivity index (χ0) is 23.8. The molecule has 9 heteroatoms. The summed E-state index contributed by atoms with van der Waals surface area (Å²) in [4.78, 5) is 18.7. The maximum Gasteiger partial charge on any atom is 0.246 e. The number of hydrogen-bond donors (Lipinski definition) is 1. The van der Waals surface area contributed by atoms with Crippen molar-refractivity contribution in [3.63, 3.8) is 0 Å². The first-order valence-corrected chi connectivity index (χ1v) is 12.8. The SMILES string of the molecule is CC(C)N(CCCCC(=O)NS(C)(=O)=O)c1nnc(-c2ccccc2)c(-c2ccccc2)n1. The summed E-state index contributed by atoms with van der Waals surface area (Å²) in [6.45, 7) is 4.71. The Kier molecular flexibility index (Phi) is 8.11. The van der Waals surface area contributed by atoms with Crippen LogP contribution < -0.4 is 9.62 Å². The fourth-order valence-corrected chi connectivity index (χ4v) is 3.96. The van der Waals surface area contributed by atoms with Crippen molar-refractivity contribution in [3.8, 4) is 22.5 Å². The van der Waals surface area contributed by atoms with Gasteiger partial charge in [0.2, 0.25) is 21.9 Å². The van der Waals surface area contributed by atoms with Crippen LogP contribution in [0.2, 0.25) is 0 Å². The number of benzene rings is 2. The first kappa shape index (κ1) is 24.3. The smallest absolute Gasteiger partial charge is 0.246 e. The Morgan fingerprint density at radius 2 is 1.48 bits per heavy atom. The van der Waals surface area contributed by atoms with Gasteiger partial charge in [-0.25, -0.2) is 13.4 Å². The highest BCUT2D eigenvalue weighted by Gasteiger charge is 2.19. The molecule has 0 spiro atoms. The molecule has 33 heavy (non-hydrogen) atoms. The largest absolute Gasteiger partial charge is 0.337 e. The number of unbranched alkanes of at least 4 members (excludes halogenated alkanes) is 1. The summed E-state index contributed by atoms with van der Waals surface area (Å²) in [5, 5.41) is 8.97. The highest BCUT2D eigenvalue weighted by Crippen LogP contribution is 2.29. The van der Waals surface area contributed by atoms with E-state index in [0.29, 0.717) is 31.0 Å². The van der Waals surface area contributed by atoms with E-state index in [-0.39, 0.29) is 12.5 Å². The lowest BCUT2D eigenvalue weighted by molar-refractivity contribution is -0.119. The molecular weight excluding hydrogens is 438 g/mol. The summed E-state index contributed by atoms with van der Waals surface area (Å²) in [5.74, 6) is 0.0224. The molecule has 0 atom stereocenters. The van der Waals surface area contributed by atoms with E-state index < -0.39 is 15.9 Å². The molecule has 2 aromatic carbocycles. The zero-order valence-corrected chi connectivity index (χ0v) is 19.9. The molecule has 1 aromatic heterocycles. The van der Waals surface area contributed by atoms with Crippen LogP contribution in [0, 0.1) is 0 Å². The number of carbonyl (C=O) groups is 1. The molecular formula is C24H29N5O3S. The van der Waals surface area contributed by atoms with Gasteiger partial charge in [-0.15, -0.1) is 10.2 Å².